The zero-order valence-electron chi connectivity index (χ0n) is 11.8. The summed E-state index contributed by atoms with van der Waals surface area (Å²) in [5.74, 6) is 1.13. The van der Waals surface area contributed by atoms with Gasteiger partial charge in [0.25, 0.3) is 0 Å². The molecule has 5 heteroatoms. The average Bonchev–Trinajstić information content (AvgIpc) is 2.52. The van der Waals surface area contributed by atoms with Gasteiger partial charge >= 0.3 is 0 Å². The van der Waals surface area contributed by atoms with E-state index in [2.05, 4.69) is 0 Å². The fourth-order valence-electron chi connectivity index (χ4n) is 2.02. The van der Waals surface area contributed by atoms with Gasteiger partial charge in [0.1, 0.15) is 6.10 Å². The molecule has 4 nitrogen and oxygen atoms in total. The molecule has 0 aliphatic rings. The third-order valence-electron chi connectivity index (χ3n) is 3.11. The summed E-state index contributed by atoms with van der Waals surface area (Å²) >= 11 is 6.00. The number of nitrogens with two attached hydrogens (primary N) is 1. The van der Waals surface area contributed by atoms with Crippen LogP contribution in [0.3, 0.4) is 0 Å². The van der Waals surface area contributed by atoms with Crippen molar-refractivity contribution in [3.05, 3.63) is 58.6 Å². The van der Waals surface area contributed by atoms with Crippen LogP contribution in [0.15, 0.2) is 42.5 Å². The van der Waals surface area contributed by atoms with E-state index in [1.54, 1.807) is 31.4 Å². The summed E-state index contributed by atoms with van der Waals surface area (Å²) in [6, 6.07) is 12.7. The number of benzene rings is 2. The molecule has 0 spiro atoms. The van der Waals surface area contributed by atoms with Crippen molar-refractivity contribution in [2.24, 2.45) is 5.73 Å². The second-order valence-electron chi connectivity index (χ2n) is 4.54. The Morgan fingerprint density at radius 2 is 2.00 bits per heavy atom. The highest BCUT2D eigenvalue weighted by molar-refractivity contribution is 6.30. The molecule has 0 fully saturated rings. The molecular formula is C16H18ClNO3. The summed E-state index contributed by atoms with van der Waals surface area (Å²) in [5, 5.41) is 9.79. The third kappa shape index (κ3) is 3.88. The Kier molecular flexibility index (Phi) is 5.44. The molecule has 2 rings (SSSR count). The number of ether oxygens (including phenoxy) is 2. The second-order valence-corrected chi connectivity index (χ2v) is 4.98. The third-order valence-corrected chi connectivity index (χ3v) is 3.35. The normalized spacial score (nSPS) is 12.0. The minimum atomic E-state index is -0.322. The number of aliphatic hydroxyl groups is 1. The molecule has 0 aromatic heterocycles. The van der Waals surface area contributed by atoms with Gasteiger partial charge < -0.3 is 20.3 Å². The van der Waals surface area contributed by atoms with Crippen LogP contribution in [0.5, 0.6) is 11.5 Å². The van der Waals surface area contributed by atoms with Crippen LogP contribution in [-0.2, 0) is 6.61 Å². The summed E-state index contributed by atoms with van der Waals surface area (Å²) < 4.78 is 11.2. The van der Waals surface area contributed by atoms with Crippen molar-refractivity contribution in [2.45, 2.75) is 12.7 Å². The predicted molar refractivity (Wildman–Crippen MR) is 82.8 cm³/mol. The monoisotopic (exact) mass is 307 g/mol. The Balaban J connectivity index is 2.26. The van der Waals surface area contributed by atoms with Gasteiger partial charge in [-0.1, -0.05) is 29.8 Å². The minimum absolute atomic E-state index is 0.0503. The SMILES string of the molecule is COc1cc(CO)ccc1OC(CN)c1cccc(Cl)c1. The van der Waals surface area contributed by atoms with E-state index in [9.17, 15) is 0 Å². The second kappa shape index (κ2) is 7.31. The van der Waals surface area contributed by atoms with Gasteiger partial charge in [-0.15, -0.1) is 0 Å². The maximum Gasteiger partial charge on any atom is 0.162 e. The number of methoxy groups -OCH3 is 1. The van der Waals surface area contributed by atoms with Crippen LogP contribution >= 0.6 is 11.6 Å². The predicted octanol–water partition coefficient (Wildman–Crippen LogP) is 2.92. The lowest BCUT2D eigenvalue weighted by atomic mass is 10.1. The van der Waals surface area contributed by atoms with Crippen LogP contribution < -0.4 is 15.2 Å². The van der Waals surface area contributed by atoms with Gasteiger partial charge in [-0.2, -0.15) is 0 Å². The lowest BCUT2D eigenvalue weighted by Crippen LogP contribution is -2.18. The molecule has 0 saturated heterocycles. The van der Waals surface area contributed by atoms with Gasteiger partial charge in [0.2, 0.25) is 0 Å². The number of hydrogen-bond donors (Lipinski definition) is 2. The number of halogens is 1. The lowest BCUT2D eigenvalue weighted by Gasteiger charge is -2.20. The summed E-state index contributed by atoms with van der Waals surface area (Å²) in [6.07, 6.45) is -0.322. The summed E-state index contributed by atoms with van der Waals surface area (Å²) in [6.45, 7) is 0.260. The first-order chi connectivity index (χ1) is 10.2. The summed E-state index contributed by atoms with van der Waals surface area (Å²) in [4.78, 5) is 0. The van der Waals surface area contributed by atoms with Crippen molar-refractivity contribution in [1.82, 2.24) is 0 Å². The van der Waals surface area contributed by atoms with E-state index in [-0.39, 0.29) is 12.7 Å². The fraction of sp³-hybridized carbons (Fsp3) is 0.250. The van der Waals surface area contributed by atoms with Gasteiger partial charge in [-0.25, -0.2) is 0 Å². The molecule has 0 aliphatic carbocycles. The topological polar surface area (TPSA) is 64.7 Å². The van der Waals surface area contributed by atoms with Gasteiger partial charge in [-0.05, 0) is 35.4 Å². The quantitative estimate of drug-likeness (QED) is 0.861. The molecule has 0 saturated carbocycles. The Morgan fingerprint density at radius 3 is 2.62 bits per heavy atom. The fourth-order valence-corrected chi connectivity index (χ4v) is 2.22. The Labute approximate surface area is 129 Å². The van der Waals surface area contributed by atoms with Crippen molar-refractivity contribution in [3.63, 3.8) is 0 Å². The van der Waals surface area contributed by atoms with Crippen molar-refractivity contribution >= 4 is 11.6 Å². The molecule has 0 bridgehead atoms. The van der Waals surface area contributed by atoms with Crippen LogP contribution in [0.4, 0.5) is 0 Å². The van der Waals surface area contributed by atoms with E-state index < -0.39 is 0 Å². The van der Waals surface area contributed by atoms with Crippen LogP contribution in [-0.4, -0.2) is 18.8 Å². The highest BCUT2D eigenvalue weighted by Crippen LogP contribution is 2.32. The Morgan fingerprint density at radius 1 is 1.19 bits per heavy atom. The molecule has 2 aromatic rings. The maximum absolute atomic E-state index is 9.15. The zero-order valence-corrected chi connectivity index (χ0v) is 12.5. The molecule has 0 amide bonds. The lowest BCUT2D eigenvalue weighted by molar-refractivity contribution is 0.204. The number of aliphatic hydroxyl groups excluding tert-OH is 1. The highest BCUT2D eigenvalue weighted by Gasteiger charge is 2.15. The molecule has 112 valence electrons. The smallest absolute Gasteiger partial charge is 0.162 e. The van der Waals surface area contributed by atoms with Crippen molar-refractivity contribution < 1.29 is 14.6 Å². The first kappa shape index (κ1) is 15.6. The minimum Gasteiger partial charge on any atom is -0.493 e. The molecule has 2 aromatic carbocycles. The van der Waals surface area contributed by atoms with Gasteiger partial charge in [0.05, 0.1) is 13.7 Å². The molecule has 1 atom stereocenters. The zero-order chi connectivity index (χ0) is 15.2. The van der Waals surface area contributed by atoms with Gasteiger partial charge in [0.15, 0.2) is 11.5 Å². The number of rotatable bonds is 6. The number of hydrogen-bond acceptors (Lipinski definition) is 4. The molecule has 1 unspecified atom stereocenters. The summed E-state index contributed by atoms with van der Waals surface area (Å²) in [7, 11) is 1.56. The van der Waals surface area contributed by atoms with E-state index in [1.165, 1.54) is 0 Å². The van der Waals surface area contributed by atoms with Gasteiger partial charge in [0, 0.05) is 11.6 Å². The van der Waals surface area contributed by atoms with Crippen LogP contribution in [0.1, 0.15) is 17.2 Å². The van der Waals surface area contributed by atoms with Crippen LogP contribution in [0, 0.1) is 0 Å². The van der Waals surface area contributed by atoms with Crippen molar-refractivity contribution in [1.29, 1.82) is 0 Å². The van der Waals surface area contributed by atoms with E-state index in [1.807, 2.05) is 18.2 Å². The molecule has 3 N–H and O–H groups in total. The largest absolute Gasteiger partial charge is 0.493 e. The first-order valence-electron chi connectivity index (χ1n) is 6.58. The molecular weight excluding hydrogens is 290 g/mol. The van der Waals surface area contributed by atoms with E-state index in [4.69, 9.17) is 31.9 Å². The van der Waals surface area contributed by atoms with E-state index >= 15 is 0 Å². The van der Waals surface area contributed by atoms with Crippen molar-refractivity contribution in [2.75, 3.05) is 13.7 Å². The molecule has 21 heavy (non-hydrogen) atoms. The van der Waals surface area contributed by atoms with Gasteiger partial charge in [-0.3, -0.25) is 0 Å². The first-order valence-corrected chi connectivity index (χ1v) is 6.95. The Bertz CT molecular complexity index is 604. The van der Waals surface area contributed by atoms with E-state index in [0.717, 1.165) is 11.1 Å². The van der Waals surface area contributed by atoms with Crippen LogP contribution in [0.25, 0.3) is 0 Å². The average molecular weight is 308 g/mol. The highest BCUT2D eigenvalue weighted by atomic mass is 35.5. The standard InChI is InChI=1S/C16H18ClNO3/c1-20-15-7-11(10-19)5-6-14(15)21-16(9-18)12-3-2-4-13(17)8-12/h2-8,16,19H,9-10,18H2,1H3. The van der Waals surface area contributed by atoms with Crippen molar-refractivity contribution in [3.8, 4) is 11.5 Å². The maximum atomic E-state index is 9.15. The Hall–Kier alpha value is -1.75. The molecule has 0 heterocycles. The van der Waals surface area contributed by atoms with Crippen LogP contribution in [0.2, 0.25) is 5.02 Å². The molecule has 0 aliphatic heterocycles. The van der Waals surface area contributed by atoms with E-state index in [0.29, 0.717) is 23.1 Å². The summed E-state index contributed by atoms with van der Waals surface area (Å²) in [5.41, 5.74) is 7.46. The molecule has 0 radical (unpaired) electrons.